The molecule has 1 unspecified atom stereocenters. The first-order valence-corrected chi connectivity index (χ1v) is 11.7. The quantitative estimate of drug-likeness (QED) is 0.764. The number of carbonyl (C=O) groups excluding carboxylic acids is 2. The predicted molar refractivity (Wildman–Crippen MR) is 117 cm³/mol. The Hall–Kier alpha value is -2.97. The Morgan fingerprint density at radius 2 is 2.00 bits per heavy atom. The lowest BCUT2D eigenvalue weighted by molar-refractivity contribution is -0.133. The number of carbonyl (C=O) groups is 2. The Balaban J connectivity index is 1.32. The molecule has 0 aromatic carbocycles. The third-order valence-electron chi connectivity index (χ3n) is 6.96. The van der Waals surface area contributed by atoms with Crippen molar-refractivity contribution in [2.45, 2.75) is 65.0 Å². The van der Waals surface area contributed by atoms with E-state index in [9.17, 15) is 14.4 Å². The fourth-order valence-corrected chi connectivity index (χ4v) is 4.86. The second-order valence-corrected chi connectivity index (χ2v) is 9.26. The van der Waals surface area contributed by atoms with E-state index in [4.69, 9.17) is 4.98 Å². The number of hydrogen-bond acceptors (Lipinski definition) is 5. The number of aromatic amines is 1. The molecule has 2 fully saturated rings. The molecule has 1 atom stereocenters. The number of nitrogens with one attached hydrogen (secondary N) is 1. The van der Waals surface area contributed by atoms with Crippen molar-refractivity contribution in [3.8, 4) is 0 Å². The average Bonchev–Trinajstić information content (AvgIpc) is 3.41. The number of amides is 2. The van der Waals surface area contributed by atoms with Crippen LogP contribution in [0.2, 0.25) is 0 Å². The normalized spacial score (nSPS) is 20.5. The summed E-state index contributed by atoms with van der Waals surface area (Å²) in [5.41, 5.74) is 2.83. The van der Waals surface area contributed by atoms with Crippen LogP contribution in [0.25, 0.3) is 0 Å². The molecule has 2 aromatic heterocycles. The molecular weight excluding hydrogens is 408 g/mol. The van der Waals surface area contributed by atoms with Gasteiger partial charge < -0.3 is 14.8 Å². The van der Waals surface area contributed by atoms with Crippen LogP contribution in [0.15, 0.2) is 11.0 Å². The Morgan fingerprint density at radius 3 is 2.75 bits per heavy atom. The molecule has 4 heterocycles. The molecule has 0 spiro atoms. The third kappa shape index (κ3) is 3.73. The molecule has 170 valence electrons. The molecule has 9 nitrogen and oxygen atoms in total. The molecule has 1 saturated heterocycles. The number of H-pyrrole nitrogens is 1. The molecule has 2 aliphatic heterocycles. The zero-order chi connectivity index (χ0) is 22.4. The molecule has 2 amide bonds. The number of fused-ring (bicyclic) bond motifs is 1. The molecule has 1 aliphatic carbocycles. The topological polar surface area (TPSA) is 104 Å². The van der Waals surface area contributed by atoms with Crippen LogP contribution < -0.4 is 5.56 Å². The lowest BCUT2D eigenvalue weighted by atomic mass is 10.0. The van der Waals surface area contributed by atoms with Crippen LogP contribution in [0, 0.1) is 12.8 Å². The van der Waals surface area contributed by atoms with Gasteiger partial charge in [0.25, 0.3) is 11.5 Å². The smallest absolute Gasteiger partial charge is 0.257 e. The maximum absolute atomic E-state index is 13.1. The van der Waals surface area contributed by atoms with Crippen LogP contribution in [0.1, 0.15) is 71.7 Å². The van der Waals surface area contributed by atoms with E-state index < -0.39 is 0 Å². The average molecular weight is 439 g/mol. The van der Waals surface area contributed by atoms with E-state index in [0.29, 0.717) is 55.2 Å². The van der Waals surface area contributed by atoms with Gasteiger partial charge in [-0.25, -0.2) is 4.98 Å². The number of aromatic nitrogens is 4. The Bertz CT molecular complexity index is 1120. The van der Waals surface area contributed by atoms with Crippen molar-refractivity contribution in [3.63, 3.8) is 0 Å². The standard InChI is InChI=1S/C23H30N6O3/c1-3-8-29-14(2)18(11-24-29)23(32)27-9-6-16(12-27)20-25-19-13-28(22(31)15-4-5-15)10-7-17(19)21(30)26-20/h11,15-16H,3-10,12-13H2,1-2H3,(H,25,26,30). The van der Waals surface area contributed by atoms with Crippen molar-refractivity contribution in [2.75, 3.05) is 19.6 Å². The summed E-state index contributed by atoms with van der Waals surface area (Å²) >= 11 is 0. The van der Waals surface area contributed by atoms with Crippen molar-refractivity contribution in [2.24, 2.45) is 5.92 Å². The summed E-state index contributed by atoms with van der Waals surface area (Å²) in [5.74, 6) is 0.947. The van der Waals surface area contributed by atoms with Crippen LogP contribution in [0.3, 0.4) is 0 Å². The van der Waals surface area contributed by atoms with Crippen LogP contribution in [-0.2, 0) is 24.3 Å². The van der Waals surface area contributed by atoms with E-state index in [1.165, 1.54) is 0 Å². The molecule has 9 heteroatoms. The summed E-state index contributed by atoms with van der Waals surface area (Å²) in [6, 6.07) is 0. The highest BCUT2D eigenvalue weighted by Crippen LogP contribution is 2.33. The predicted octanol–water partition coefficient (Wildman–Crippen LogP) is 1.61. The zero-order valence-corrected chi connectivity index (χ0v) is 18.8. The molecule has 0 radical (unpaired) electrons. The minimum atomic E-state index is -0.106. The first-order chi connectivity index (χ1) is 15.5. The fourth-order valence-electron chi connectivity index (χ4n) is 4.86. The maximum Gasteiger partial charge on any atom is 0.257 e. The molecule has 32 heavy (non-hydrogen) atoms. The van der Waals surface area contributed by atoms with Gasteiger partial charge in [0.1, 0.15) is 5.82 Å². The van der Waals surface area contributed by atoms with Gasteiger partial charge in [-0.3, -0.25) is 19.1 Å². The lowest BCUT2D eigenvalue weighted by Crippen LogP contribution is -2.40. The number of likely N-dealkylation sites (tertiary alicyclic amines) is 1. The summed E-state index contributed by atoms with van der Waals surface area (Å²) in [6.45, 7) is 6.94. The Labute approximate surface area is 186 Å². The van der Waals surface area contributed by atoms with Crippen molar-refractivity contribution < 1.29 is 9.59 Å². The SMILES string of the molecule is CCCn1ncc(C(=O)N2CCC(c3nc4c(c(=O)[nH]3)CCN(C(=O)C3CC3)C4)C2)c1C. The number of rotatable bonds is 5. The highest BCUT2D eigenvalue weighted by molar-refractivity contribution is 5.95. The molecule has 1 saturated carbocycles. The summed E-state index contributed by atoms with van der Waals surface area (Å²) < 4.78 is 1.87. The number of aryl methyl sites for hydroxylation is 1. The summed E-state index contributed by atoms with van der Waals surface area (Å²) in [7, 11) is 0. The van der Waals surface area contributed by atoms with Crippen LogP contribution in [0.5, 0.6) is 0 Å². The summed E-state index contributed by atoms with van der Waals surface area (Å²) in [5, 5.41) is 4.35. The maximum atomic E-state index is 13.1. The van der Waals surface area contributed by atoms with E-state index in [1.54, 1.807) is 6.20 Å². The highest BCUT2D eigenvalue weighted by Gasteiger charge is 2.36. The van der Waals surface area contributed by atoms with E-state index in [2.05, 4.69) is 17.0 Å². The zero-order valence-electron chi connectivity index (χ0n) is 18.8. The van der Waals surface area contributed by atoms with Gasteiger partial charge in [0.15, 0.2) is 0 Å². The fraction of sp³-hybridized carbons (Fsp3) is 0.609. The summed E-state index contributed by atoms with van der Waals surface area (Å²) in [4.78, 5) is 49.7. The van der Waals surface area contributed by atoms with Gasteiger partial charge in [-0.2, -0.15) is 5.10 Å². The minimum Gasteiger partial charge on any atom is -0.338 e. The Morgan fingerprint density at radius 1 is 1.19 bits per heavy atom. The Kier molecular flexibility index (Phi) is 5.35. The molecule has 5 rings (SSSR count). The highest BCUT2D eigenvalue weighted by atomic mass is 16.2. The first-order valence-electron chi connectivity index (χ1n) is 11.7. The van der Waals surface area contributed by atoms with Gasteiger partial charge in [0.2, 0.25) is 5.91 Å². The third-order valence-corrected chi connectivity index (χ3v) is 6.96. The molecule has 2 aromatic rings. The van der Waals surface area contributed by atoms with Gasteiger partial charge in [-0.05, 0) is 39.0 Å². The number of hydrogen-bond donors (Lipinski definition) is 1. The van der Waals surface area contributed by atoms with Crippen molar-refractivity contribution in [1.82, 2.24) is 29.5 Å². The van der Waals surface area contributed by atoms with E-state index >= 15 is 0 Å². The van der Waals surface area contributed by atoms with Crippen LogP contribution in [0.4, 0.5) is 0 Å². The van der Waals surface area contributed by atoms with Gasteiger partial charge in [-0.15, -0.1) is 0 Å². The van der Waals surface area contributed by atoms with Gasteiger partial charge in [0, 0.05) is 49.3 Å². The van der Waals surface area contributed by atoms with Crippen LogP contribution >= 0.6 is 0 Å². The largest absolute Gasteiger partial charge is 0.338 e. The van der Waals surface area contributed by atoms with Gasteiger partial charge in [-0.1, -0.05) is 6.92 Å². The van der Waals surface area contributed by atoms with Gasteiger partial charge in [0.05, 0.1) is 24.0 Å². The number of nitrogens with zero attached hydrogens (tertiary/aromatic N) is 5. The van der Waals surface area contributed by atoms with Crippen molar-refractivity contribution in [1.29, 1.82) is 0 Å². The van der Waals surface area contributed by atoms with E-state index in [1.807, 2.05) is 21.4 Å². The second kappa shape index (κ2) is 8.18. The second-order valence-electron chi connectivity index (χ2n) is 9.26. The summed E-state index contributed by atoms with van der Waals surface area (Å²) in [6.07, 6.45) is 5.86. The van der Waals surface area contributed by atoms with E-state index in [0.717, 1.165) is 37.9 Å². The molecule has 0 bridgehead atoms. The molecule has 3 aliphatic rings. The first kappa shape index (κ1) is 20.9. The van der Waals surface area contributed by atoms with Crippen LogP contribution in [-0.4, -0.2) is 61.0 Å². The van der Waals surface area contributed by atoms with Crippen molar-refractivity contribution >= 4 is 11.8 Å². The molecule has 1 N–H and O–H groups in total. The van der Waals surface area contributed by atoms with Gasteiger partial charge >= 0.3 is 0 Å². The lowest BCUT2D eigenvalue weighted by Gasteiger charge is -2.28. The minimum absolute atomic E-state index is 0.0162. The molecular formula is C23H30N6O3. The monoisotopic (exact) mass is 438 g/mol. The van der Waals surface area contributed by atoms with Crippen molar-refractivity contribution in [3.05, 3.63) is 44.9 Å². The van der Waals surface area contributed by atoms with E-state index in [-0.39, 0.29) is 29.2 Å².